The molecule has 0 saturated carbocycles. The number of aromatic amines is 1. The van der Waals surface area contributed by atoms with Crippen LogP contribution in [0.4, 0.5) is 5.69 Å². The van der Waals surface area contributed by atoms with E-state index in [0.717, 1.165) is 30.3 Å². The number of aryl methyl sites for hydroxylation is 1. The summed E-state index contributed by atoms with van der Waals surface area (Å²) in [5.74, 6) is 0.971. The molecule has 0 radical (unpaired) electrons. The van der Waals surface area contributed by atoms with E-state index in [0.29, 0.717) is 12.1 Å². The van der Waals surface area contributed by atoms with Crippen LogP contribution in [0.3, 0.4) is 0 Å². The molecule has 21 heavy (non-hydrogen) atoms. The molecule has 1 heterocycles. The number of hydrogen-bond acceptors (Lipinski definition) is 3. The zero-order valence-electron chi connectivity index (χ0n) is 12.8. The predicted octanol–water partition coefficient (Wildman–Crippen LogP) is 2.81. The molecule has 0 aliphatic carbocycles. The van der Waals surface area contributed by atoms with Crippen LogP contribution in [-0.4, -0.2) is 33.9 Å². The Bertz CT molecular complexity index is 602. The minimum absolute atomic E-state index is 0.0704. The van der Waals surface area contributed by atoms with Gasteiger partial charge in [0, 0.05) is 24.3 Å². The summed E-state index contributed by atoms with van der Waals surface area (Å²) in [6.07, 6.45) is 1.81. The summed E-state index contributed by atoms with van der Waals surface area (Å²) in [7, 11) is 0. The molecule has 0 aliphatic rings. The van der Waals surface area contributed by atoms with Gasteiger partial charge in [-0.1, -0.05) is 6.07 Å². The normalized spacial score (nSPS) is 10.4. The minimum atomic E-state index is 0.0704. The maximum atomic E-state index is 12.3. The summed E-state index contributed by atoms with van der Waals surface area (Å²) in [6.45, 7) is 8.01. The number of anilines is 1. The summed E-state index contributed by atoms with van der Waals surface area (Å²) in [4.78, 5) is 21.5. The number of hydrogen-bond donors (Lipinski definition) is 2. The van der Waals surface area contributed by atoms with Gasteiger partial charge in [-0.25, -0.2) is 4.98 Å². The lowest BCUT2D eigenvalue weighted by Gasteiger charge is -2.19. The van der Waals surface area contributed by atoms with E-state index in [-0.39, 0.29) is 5.91 Å². The zero-order chi connectivity index (χ0) is 15.2. The third-order valence-electron chi connectivity index (χ3n) is 3.40. The standard InChI is InChI=1S/C16H22N4O/c1-4-20(5-2)16(21)13-7-6-8-14(9-13)18-11-15-10-17-12(3)19-15/h6-10,18H,4-5,11H2,1-3H3,(H,17,19). The highest BCUT2D eigenvalue weighted by molar-refractivity contribution is 5.95. The van der Waals surface area contributed by atoms with Gasteiger partial charge < -0.3 is 15.2 Å². The third-order valence-corrected chi connectivity index (χ3v) is 3.40. The van der Waals surface area contributed by atoms with Crippen LogP contribution >= 0.6 is 0 Å². The lowest BCUT2D eigenvalue weighted by atomic mass is 10.1. The van der Waals surface area contributed by atoms with Crippen molar-refractivity contribution in [3.63, 3.8) is 0 Å². The van der Waals surface area contributed by atoms with Gasteiger partial charge in [0.25, 0.3) is 5.91 Å². The Kier molecular flexibility index (Phi) is 4.98. The number of carbonyl (C=O) groups is 1. The fourth-order valence-electron chi connectivity index (χ4n) is 2.21. The molecule has 1 amide bonds. The minimum Gasteiger partial charge on any atom is -0.379 e. The van der Waals surface area contributed by atoms with E-state index in [4.69, 9.17) is 0 Å². The number of imidazole rings is 1. The molecule has 2 rings (SSSR count). The Hall–Kier alpha value is -2.30. The van der Waals surface area contributed by atoms with Gasteiger partial charge in [-0.3, -0.25) is 4.79 Å². The second-order valence-corrected chi connectivity index (χ2v) is 4.91. The molecule has 5 nitrogen and oxygen atoms in total. The highest BCUT2D eigenvalue weighted by Gasteiger charge is 2.12. The maximum Gasteiger partial charge on any atom is 0.253 e. The van der Waals surface area contributed by atoms with Gasteiger partial charge in [0.05, 0.1) is 18.4 Å². The molecular weight excluding hydrogens is 264 g/mol. The van der Waals surface area contributed by atoms with Crippen LogP contribution in [-0.2, 0) is 6.54 Å². The van der Waals surface area contributed by atoms with Crippen molar-refractivity contribution in [2.45, 2.75) is 27.3 Å². The monoisotopic (exact) mass is 286 g/mol. The van der Waals surface area contributed by atoms with E-state index in [2.05, 4.69) is 15.3 Å². The van der Waals surface area contributed by atoms with Crippen molar-refractivity contribution in [3.8, 4) is 0 Å². The van der Waals surface area contributed by atoms with Crippen LogP contribution in [0.25, 0.3) is 0 Å². The van der Waals surface area contributed by atoms with Crippen LogP contribution < -0.4 is 5.32 Å². The highest BCUT2D eigenvalue weighted by atomic mass is 16.2. The van der Waals surface area contributed by atoms with Crippen LogP contribution in [0, 0.1) is 6.92 Å². The van der Waals surface area contributed by atoms with Crippen molar-refractivity contribution in [2.75, 3.05) is 18.4 Å². The van der Waals surface area contributed by atoms with Crippen molar-refractivity contribution >= 4 is 11.6 Å². The Labute approximate surface area is 125 Å². The maximum absolute atomic E-state index is 12.3. The number of rotatable bonds is 6. The molecule has 2 N–H and O–H groups in total. The molecule has 112 valence electrons. The summed E-state index contributed by atoms with van der Waals surface area (Å²) in [5.41, 5.74) is 2.66. The second-order valence-electron chi connectivity index (χ2n) is 4.91. The average Bonchev–Trinajstić information content (AvgIpc) is 2.92. The van der Waals surface area contributed by atoms with Gasteiger partial charge in [-0.2, -0.15) is 0 Å². The molecule has 0 aliphatic heterocycles. The fraction of sp³-hybridized carbons (Fsp3) is 0.375. The smallest absolute Gasteiger partial charge is 0.253 e. The Morgan fingerprint density at radius 1 is 1.33 bits per heavy atom. The van der Waals surface area contributed by atoms with Crippen LogP contribution in [0.15, 0.2) is 30.5 Å². The number of nitrogens with zero attached hydrogens (tertiary/aromatic N) is 2. The summed E-state index contributed by atoms with van der Waals surface area (Å²) in [6, 6.07) is 7.61. The van der Waals surface area contributed by atoms with Gasteiger partial charge in [-0.05, 0) is 39.0 Å². The number of nitrogens with one attached hydrogen (secondary N) is 2. The summed E-state index contributed by atoms with van der Waals surface area (Å²) < 4.78 is 0. The van der Waals surface area contributed by atoms with Gasteiger partial charge in [0.2, 0.25) is 0 Å². The molecule has 0 saturated heterocycles. The molecule has 1 aromatic carbocycles. The van der Waals surface area contributed by atoms with Crippen LogP contribution in [0.2, 0.25) is 0 Å². The van der Waals surface area contributed by atoms with E-state index in [1.165, 1.54) is 0 Å². The average molecular weight is 286 g/mol. The lowest BCUT2D eigenvalue weighted by Crippen LogP contribution is -2.30. The Morgan fingerprint density at radius 2 is 2.10 bits per heavy atom. The largest absolute Gasteiger partial charge is 0.379 e. The molecule has 2 aromatic rings. The topological polar surface area (TPSA) is 61.0 Å². The van der Waals surface area contributed by atoms with Gasteiger partial charge >= 0.3 is 0 Å². The van der Waals surface area contributed by atoms with E-state index in [1.54, 1.807) is 0 Å². The summed E-state index contributed by atoms with van der Waals surface area (Å²) in [5, 5.41) is 3.30. The quantitative estimate of drug-likeness (QED) is 0.858. The molecule has 0 unspecified atom stereocenters. The number of benzene rings is 1. The molecule has 0 spiro atoms. The van der Waals surface area contributed by atoms with E-state index in [9.17, 15) is 4.79 Å². The molecule has 0 atom stereocenters. The molecule has 1 aromatic heterocycles. The fourth-order valence-corrected chi connectivity index (χ4v) is 2.21. The predicted molar refractivity (Wildman–Crippen MR) is 84.3 cm³/mol. The number of aromatic nitrogens is 2. The van der Waals surface area contributed by atoms with E-state index in [1.807, 2.05) is 56.1 Å². The van der Waals surface area contributed by atoms with Crippen LogP contribution in [0.5, 0.6) is 0 Å². The van der Waals surface area contributed by atoms with Gasteiger partial charge in [-0.15, -0.1) is 0 Å². The second kappa shape index (κ2) is 6.92. The Morgan fingerprint density at radius 3 is 2.71 bits per heavy atom. The van der Waals surface area contributed by atoms with Gasteiger partial charge in [0.15, 0.2) is 0 Å². The first kappa shape index (κ1) is 15.1. The number of carbonyl (C=O) groups excluding carboxylic acids is 1. The molecule has 0 fully saturated rings. The first-order valence-electron chi connectivity index (χ1n) is 7.27. The van der Waals surface area contributed by atoms with Gasteiger partial charge in [0.1, 0.15) is 5.82 Å². The van der Waals surface area contributed by atoms with Crippen molar-refractivity contribution in [1.82, 2.24) is 14.9 Å². The summed E-state index contributed by atoms with van der Waals surface area (Å²) >= 11 is 0. The first-order valence-corrected chi connectivity index (χ1v) is 7.27. The number of H-pyrrole nitrogens is 1. The molecule has 5 heteroatoms. The van der Waals surface area contributed by atoms with Crippen molar-refractivity contribution in [1.29, 1.82) is 0 Å². The van der Waals surface area contributed by atoms with E-state index >= 15 is 0 Å². The SMILES string of the molecule is CCN(CC)C(=O)c1cccc(NCc2cnc(C)[nH]2)c1. The van der Waals surface area contributed by atoms with Crippen LogP contribution in [0.1, 0.15) is 35.7 Å². The van der Waals surface area contributed by atoms with Crippen molar-refractivity contribution in [3.05, 3.63) is 47.5 Å². The molecule has 0 bridgehead atoms. The third kappa shape index (κ3) is 3.84. The highest BCUT2D eigenvalue weighted by Crippen LogP contribution is 2.14. The van der Waals surface area contributed by atoms with Crippen molar-refractivity contribution < 1.29 is 4.79 Å². The zero-order valence-corrected chi connectivity index (χ0v) is 12.8. The van der Waals surface area contributed by atoms with Crippen molar-refractivity contribution in [2.24, 2.45) is 0 Å². The molecular formula is C16H22N4O. The van der Waals surface area contributed by atoms with E-state index < -0.39 is 0 Å². The Balaban J connectivity index is 2.05. The number of amides is 1. The lowest BCUT2D eigenvalue weighted by molar-refractivity contribution is 0.0773. The first-order chi connectivity index (χ1) is 10.1.